The van der Waals surface area contributed by atoms with Crippen molar-refractivity contribution in [1.82, 2.24) is 19.9 Å². The Labute approximate surface area is 285 Å². The standard InChI is InChI=1S/C36H45F2N6O3S/c1-35(2,3)32(36(4,5)6)22-11-13-44(14-12-22)15-16-47-29-19-27-24(18-28(29)46-7)33(41-21-40-27)43-34-39-20-23(48-34)17-30(45)42-26-10-8-9-25(37)31(26)38/h8-10,18-22H,11-17H2,1-7H3,(H,42,45)(H,39,40,41,43). The number of anilines is 3. The molecule has 0 spiro atoms. The van der Waals surface area contributed by atoms with E-state index in [0.717, 1.165) is 25.7 Å². The van der Waals surface area contributed by atoms with E-state index in [2.05, 4.69) is 72.0 Å². The predicted molar refractivity (Wildman–Crippen MR) is 187 cm³/mol. The molecule has 2 N–H and O–H groups in total. The first-order chi connectivity index (χ1) is 22.7. The van der Waals surface area contributed by atoms with Crippen molar-refractivity contribution in [3.05, 3.63) is 65.3 Å². The van der Waals surface area contributed by atoms with Gasteiger partial charge in [0.15, 0.2) is 28.3 Å². The third kappa shape index (κ3) is 8.57. The maximum atomic E-state index is 13.9. The van der Waals surface area contributed by atoms with Crippen molar-refractivity contribution in [3.8, 4) is 11.5 Å². The van der Waals surface area contributed by atoms with Crippen LogP contribution in [0.4, 0.5) is 25.4 Å². The van der Waals surface area contributed by atoms with Crippen LogP contribution in [0.15, 0.2) is 42.9 Å². The lowest BCUT2D eigenvalue weighted by Crippen LogP contribution is -2.43. The van der Waals surface area contributed by atoms with Crippen LogP contribution in [0.2, 0.25) is 0 Å². The molecule has 0 saturated carbocycles. The molecule has 9 nitrogen and oxygen atoms in total. The molecule has 1 fully saturated rings. The van der Waals surface area contributed by atoms with Crippen LogP contribution in [0.3, 0.4) is 0 Å². The van der Waals surface area contributed by atoms with Gasteiger partial charge in [-0.25, -0.2) is 23.7 Å². The Morgan fingerprint density at radius 1 is 1.02 bits per heavy atom. The molecule has 1 radical (unpaired) electrons. The van der Waals surface area contributed by atoms with Crippen molar-refractivity contribution in [1.29, 1.82) is 0 Å². The first-order valence-electron chi connectivity index (χ1n) is 16.2. The molecule has 3 heterocycles. The Morgan fingerprint density at radius 2 is 1.75 bits per heavy atom. The number of amides is 1. The lowest BCUT2D eigenvalue weighted by atomic mass is 9.59. The van der Waals surface area contributed by atoms with E-state index in [1.165, 1.54) is 42.6 Å². The summed E-state index contributed by atoms with van der Waals surface area (Å²) in [5, 5.41) is 6.83. The minimum absolute atomic E-state index is 0.0559. The highest BCUT2D eigenvalue weighted by Gasteiger charge is 2.41. The smallest absolute Gasteiger partial charge is 0.229 e. The molecule has 1 saturated heterocycles. The zero-order valence-electron chi connectivity index (χ0n) is 28.7. The van der Waals surface area contributed by atoms with E-state index in [0.29, 0.717) is 50.8 Å². The average molecular weight is 680 g/mol. The van der Waals surface area contributed by atoms with Gasteiger partial charge in [0.25, 0.3) is 0 Å². The molecule has 1 aliphatic heterocycles. The summed E-state index contributed by atoms with van der Waals surface area (Å²) in [6.45, 7) is 17.5. The molecule has 2 aromatic heterocycles. The van der Waals surface area contributed by atoms with Crippen LogP contribution in [-0.4, -0.2) is 59.1 Å². The van der Waals surface area contributed by atoms with Crippen LogP contribution < -0.4 is 20.1 Å². The van der Waals surface area contributed by atoms with Gasteiger partial charge in [-0.3, -0.25) is 9.69 Å². The monoisotopic (exact) mass is 679 g/mol. The van der Waals surface area contributed by atoms with E-state index in [4.69, 9.17) is 9.47 Å². The summed E-state index contributed by atoms with van der Waals surface area (Å²) < 4.78 is 39.4. The summed E-state index contributed by atoms with van der Waals surface area (Å²) in [5.41, 5.74) is 0.842. The van der Waals surface area contributed by atoms with Gasteiger partial charge in [-0.2, -0.15) is 0 Å². The molecule has 2 aromatic carbocycles. The van der Waals surface area contributed by atoms with Crippen LogP contribution in [-0.2, 0) is 11.2 Å². The Kier molecular flexibility index (Phi) is 10.8. The number of piperidine rings is 1. The van der Waals surface area contributed by atoms with Crippen LogP contribution in [0.25, 0.3) is 10.9 Å². The summed E-state index contributed by atoms with van der Waals surface area (Å²) in [7, 11) is 1.60. The van der Waals surface area contributed by atoms with Crippen LogP contribution in [0.5, 0.6) is 11.5 Å². The highest BCUT2D eigenvalue weighted by molar-refractivity contribution is 7.15. The molecule has 12 heteroatoms. The van der Waals surface area contributed by atoms with Crippen molar-refractivity contribution in [2.24, 2.45) is 16.7 Å². The maximum absolute atomic E-state index is 13.9. The molecule has 5 rings (SSSR count). The molecule has 0 aliphatic carbocycles. The normalized spacial score (nSPS) is 14.8. The topological polar surface area (TPSA) is 102 Å². The van der Waals surface area contributed by atoms with Crippen molar-refractivity contribution in [2.45, 2.75) is 60.8 Å². The van der Waals surface area contributed by atoms with Gasteiger partial charge in [0.05, 0.1) is 24.7 Å². The first-order valence-corrected chi connectivity index (χ1v) is 17.1. The maximum Gasteiger partial charge on any atom is 0.229 e. The zero-order valence-corrected chi connectivity index (χ0v) is 29.6. The number of rotatable bonds is 11. The quantitative estimate of drug-likeness (QED) is 0.164. The van der Waals surface area contributed by atoms with Gasteiger partial charge in [0.1, 0.15) is 18.8 Å². The van der Waals surface area contributed by atoms with Crippen molar-refractivity contribution >= 4 is 44.8 Å². The molecular formula is C36H45F2N6O3S. The molecule has 0 unspecified atom stereocenters. The van der Waals surface area contributed by atoms with E-state index in [1.807, 2.05) is 12.1 Å². The van der Waals surface area contributed by atoms with Gasteiger partial charge in [-0.05, 0) is 66.8 Å². The van der Waals surface area contributed by atoms with E-state index in [9.17, 15) is 13.6 Å². The molecule has 1 amide bonds. The fraction of sp³-hybridized carbons (Fsp3) is 0.472. The van der Waals surface area contributed by atoms with Crippen molar-refractivity contribution in [2.75, 3.05) is 44.0 Å². The number of likely N-dealkylation sites (tertiary alicyclic amines) is 1. The van der Waals surface area contributed by atoms with Crippen LogP contribution in [0, 0.1) is 34.3 Å². The highest BCUT2D eigenvalue weighted by atomic mass is 32.1. The lowest BCUT2D eigenvalue weighted by molar-refractivity contribution is -0.115. The number of carbonyl (C=O) groups excluding carboxylic acids is 1. The van der Waals surface area contributed by atoms with Crippen LogP contribution in [0.1, 0.15) is 59.3 Å². The fourth-order valence-electron chi connectivity index (χ4n) is 7.02. The number of hydrogen-bond acceptors (Lipinski definition) is 9. The Balaban J connectivity index is 1.18. The van der Waals surface area contributed by atoms with Gasteiger partial charge < -0.3 is 20.1 Å². The second kappa shape index (κ2) is 14.7. The third-order valence-corrected chi connectivity index (χ3v) is 9.45. The van der Waals surface area contributed by atoms with E-state index in [1.54, 1.807) is 19.2 Å². The van der Waals surface area contributed by atoms with Gasteiger partial charge in [-0.15, -0.1) is 11.3 Å². The predicted octanol–water partition coefficient (Wildman–Crippen LogP) is 8.06. The average Bonchev–Trinajstić information content (AvgIpc) is 3.45. The van der Waals surface area contributed by atoms with Gasteiger partial charge in [0.2, 0.25) is 5.91 Å². The number of thiazole rings is 1. The van der Waals surface area contributed by atoms with Crippen LogP contribution >= 0.6 is 11.3 Å². The second-order valence-electron chi connectivity index (χ2n) is 14.2. The number of nitrogens with zero attached hydrogens (tertiary/aromatic N) is 4. The number of hydrogen-bond donors (Lipinski definition) is 2. The molecule has 4 aromatic rings. The van der Waals surface area contributed by atoms with Gasteiger partial charge in [0, 0.05) is 29.1 Å². The molecular weight excluding hydrogens is 634 g/mol. The fourth-order valence-corrected chi connectivity index (χ4v) is 7.83. The lowest BCUT2D eigenvalue weighted by Gasteiger charge is -2.48. The Morgan fingerprint density at radius 3 is 2.44 bits per heavy atom. The van der Waals surface area contributed by atoms with E-state index < -0.39 is 17.5 Å². The van der Waals surface area contributed by atoms with E-state index >= 15 is 0 Å². The number of ether oxygens (including phenoxy) is 2. The Hall–Kier alpha value is -3.90. The minimum Gasteiger partial charge on any atom is -0.493 e. The largest absolute Gasteiger partial charge is 0.493 e. The number of fused-ring (bicyclic) bond motifs is 1. The summed E-state index contributed by atoms with van der Waals surface area (Å²) in [5.74, 6) is 1.38. The number of halogens is 2. The number of methoxy groups -OCH3 is 1. The van der Waals surface area contributed by atoms with Crippen molar-refractivity contribution < 1.29 is 23.0 Å². The number of carbonyl (C=O) groups is 1. The molecule has 1 aliphatic rings. The number of nitrogens with one attached hydrogen (secondary N) is 2. The summed E-state index contributed by atoms with van der Waals surface area (Å²) >= 11 is 1.25. The summed E-state index contributed by atoms with van der Waals surface area (Å²) in [6.07, 6.45) is 5.29. The molecule has 0 bridgehead atoms. The second-order valence-corrected chi connectivity index (χ2v) is 15.3. The summed E-state index contributed by atoms with van der Waals surface area (Å²) in [6, 6.07) is 7.32. The molecule has 0 atom stereocenters. The van der Waals surface area contributed by atoms with E-state index in [-0.39, 0.29) is 22.9 Å². The number of aromatic nitrogens is 3. The third-order valence-electron chi connectivity index (χ3n) is 8.54. The first kappa shape index (κ1) is 35.4. The molecule has 48 heavy (non-hydrogen) atoms. The highest BCUT2D eigenvalue weighted by Crippen LogP contribution is 2.49. The number of benzene rings is 2. The molecule has 257 valence electrons. The minimum atomic E-state index is -1.10. The Bertz CT molecular complexity index is 1710. The SMILES string of the molecule is COc1cc2c(Nc3ncc(CC(=O)Nc4cccc(F)c4F)s3)ncnc2cc1OCCN1CCC([C](C(C)(C)C)C(C)(C)C)CC1. The summed E-state index contributed by atoms with van der Waals surface area (Å²) in [4.78, 5) is 28.8. The van der Waals surface area contributed by atoms with Crippen molar-refractivity contribution in [3.63, 3.8) is 0 Å². The zero-order chi connectivity index (χ0) is 34.6. The van der Waals surface area contributed by atoms with Gasteiger partial charge >= 0.3 is 0 Å². The van der Waals surface area contributed by atoms with Gasteiger partial charge in [-0.1, -0.05) is 47.6 Å².